The lowest BCUT2D eigenvalue weighted by molar-refractivity contribution is 0.309. The minimum absolute atomic E-state index is 0.317. The molecule has 0 saturated heterocycles. The van der Waals surface area contributed by atoms with Crippen molar-refractivity contribution < 1.29 is 26.0 Å². The monoisotopic (exact) mass is 338 g/mol. The van der Waals surface area contributed by atoms with E-state index in [2.05, 4.69) is 4.98 Å². The summed E-state index contributed by atoms with van der Waals surface area (Å²) < 4.78 is 157. The summed E-state index contributed by atoms with van der Waals surface area (Å²) in [5, 5.41) is -0.474. The number of likely N-dealkylation sites (N-methyl/N-ethyl adjacent to an activating group) is 1. The molecule has 0 atom stereocenters. The van der Waals surface area contributed by atoms with Gasteiger partial charge in [0.1, 0.15) is 0 Å². The van der Waals surface area contributed by atoms with Crippen molar-refractivity contribution in [2.45, 2.75) is 39.4 Å². The van der Waals surface area contributed by atoms with Gasteiger partial charge >= 0.3 is 0 Å². The van der Waals surface area contributed by atoms with Crippen LogP contribution >= 0.6 is 0 Å². The molecule has 3 heterocycles. The third-order valence-electron chi connectivity index (χ3n) is 3.55. The molecule has 2 aromatic heterocycles. The predicted molar refractivity (Wildman–Crippen MR) is 99.4 cm³/mol. The van der Waals surface area contributed by atoms with Gasteiger partial charge in [0.2, 0.25) is 0 Å². The molecule has 0 fully saturated rings. The molecule has 0 unspecified atom stereocenters. The number of hydrogen-bond donors (Lipinski definition) is 0. The molecule has 1 aromatic carbocycles. The standard InChI is InChI=1S/C21H25N3/c1-15-4-7-20-18(12-15)19-14-23(3)10-9-21(19)24(20)11-8-17-6-5-16(2)22-13-17/h4-7,12-13H,8-11,14H2,1-3H3/i1D3,2D3,3D3,8D2,9D2,10D2,11D2,14D2. The molecular weight excluding hydrogens is 294 g/mol. The van der Waals surface area contributed by atoms with Crippen LogP contribution in [0.2, 0.25) is 0 Å². The maximum atomic E-state index is 8.98. The Balaban J connectivity index is 2.17. The van der Waals surface area contributed by atoms with Gasteiger partial charge in [-0.25, -0.2) is 0 Å². The Hall–Kier alpha value is -2.13. The van der Waals surface area contributed by atoms with E-state index < -0.39 is 91.9 Å². The van der Waals surface area contributed by atoms with E-state index in [-0.39, 0.29) is 4.90 Å². The van der Waals surface area contributed by atoms with E-state index in [1.807, 2.05) is 0 Å². The number of rotatable bonds is 3. The average molecular weight is 339 g/mol. The van der Waals surface area contributed by atoms with Crippen LogP contribution in [0.4, 0.5) is 0 Å². The number of nitrogens with zero attached hydrogens (tertiary/aromatic N) is 3. The van der Waals surface area contributed by atoms with Crippen molar-refractivity contribution in [2.75, 3.05) is 13.5 Å². The highest BCUT2D eigenvalue weighted by molar-refractivity contribution is 5.86. The third-order valence-corrected chi connectivity index (χ3v) is 3.55. The zero-order valence-corrected chi connectivity index (χ0v) is 12.3. The summed E-state index contributed by atoms with van der Waals surface area (Å²) in [5.41, 5.74) is -3.75. The number of fused-ring (bicyclic) bond motifs is 3. The zero-order valence-electron chi connectivity index (χ0n) is 31.3. The molecule has 0 amide bonds. The summed E-state index contributed by atoms with van der Waals surface area (Å²) in [6.45, 7) is -19.6. The molecule has 24 heavy (non-hydrogen) atoms. The maximum Gasteiger partial charge on any atom is 0.0501 e. The highest BCUT2D eigenvalue weighted by atomic mass is 15.1. The van der Waals surface area contributed by atoms with Crippen molar-refractivity contribution in [3.05, 3.63) is 64.6 Å². The van der Waals surface area contributed by atoms with Gasteiger partial charge in [-0.05, 0) is 56.4 Å². The minimum Gasteiger partial charge on any atom is -0.344 e. The first-order valence-corrected chi connectivity index (χ1v) is 7.01. The van der Waals surface area contributed by atoms with Crippen LogP contribution in [0.5, 0.6) is 0 Å². The van der Waals surface area contributed by atoms with Gasteiger partial charge in [0.25, 0.3) is 0 Å². The van der Waals surface area contributed by atoms with E-state index in [9.17, 15) is 0 Å². The second-order valence-electron chi connectivity index (χ2n) is 5.14. The maximum absolute atomic E-state index is 8.98. The summed E-state index contributed by atoms with van der Waals surface area (Å²) in [5.74, 6) is 0. The van der Waals surface area contributed by atoms with Gasteiger partial charge in [0.15, 0.2) is 0 Å². The summed E-state index contributed by atoms with van der Waals surface area (Å²) in [4.78, 5) is 3.39. The molecule has 3 heteroatoms. The van der Waals surface area contributed by atoms with Gasteiger partial charge in [-0.1, -0.05) is 17.7 Å². The SMILES string of the molecule is [2H]C([2H])([2H])c1ccc2c(c1)c1c(n2C([2H])([2H])C([2H])([2H])c2ccc(C([2H])([2H])[2H])nc2)C([2H])([2H])C([2H])([2H])N(C([2H])([2H])[2H])C1([2H])[2H]. The lowest BCUT2D eigenvalue weighted by Crippen LogP contribution is -2.27. The molecule has 0 N–H and O–H groups in total. The number of hydrogen-bond acceptors (Lipinski definition) is 2. The Morgan fingerprint density at radius 1 is 1.29 bits per heavy atom. The first-order chi connectivity index (χ1) is 19.0. The molecule has 1 aliphatic heterocycles. The number of aromatic nitrogens is 2. The Kier molecular flexibility index (Phi) is 1.25. The van der Waals surface area contributed by atoms with Crippen LogP contribution in [-0.4, -0.2) is 27.9 Å². The van der Waals surface area contributed by atoms with Crippen LogP contribution < -0.4 is 0 Å². The summed E-state index contributed by atoms with van der Waals surface area (Å²) in [6, 6.07) is 4.80. The van der Waals surface area contributed by atoms with E-state index in [0.29, 0.717) is 4.57 Å². The van der Waals surface area contributed by atoms with Gasteiger partial charge in [-0.3, -0.25) is 4.98 Å². The smallest absolute Gasteiger partial charge is 0.0501 e. The fraction of sp³-hybridized carbons (Fsp3) is 0.381. The first-order valence-electron chi connectivity index (χ1n) is 16.5. The van der Waals surface area contributed by atoms with Gasteiger partial charge in [0.05, 0.1) is 2.74 Å². The molecule has 0 radical (unpaired) electrons. The fourth-order valence-corrected chi connectivity index (χ4v) is 2.48. The van der Waals surface area contributed by atoms with Gasteiger partial charge in [0, 0.05) is 77.7 Å². The summed E-state index contributed by atoms with van der Waals surface area (Å²) in [7, 11) is 0. The van der Waals surface area contributed by atoms with Crippen LogP contribution in [0.25, 0.3) is 10.9 Å². The molecule has 124 valence electrons. The Morgan fingerprint density at radius 3 is 3.08 bits per heavy atom. The van der Waals surface area contributed by atoms with Crippen molar-refractivity contribution in [3.63, 3.8) is 0 Å². The van der Waals surface area contributed by atoms with Crippen molar-refractivity contribution in [1.82, 2.24) is 14.5 Å². The molecule has 0 aliphatic carbocycles. The fourth-order valence-electron chi connectivity index (χ4n) is 2.48. The van der Waals surface area contributed by atoms with E-state index in [0.717, 1.165) is 36.5 Å². The quantitative estimate of drug-likeness (QED) is 0.722. The lowest BCUT2D eigenvalue weighted by Gasteiger charge is -2.24. The molecule has 0 spiro atoms. The first kappa shape index (κ1) is 4.95. The molecule has 3 nitrogen and oxygen atoms in total. The minimum atomic E-state index is -3.68. The topological polar surface area (TPSA) is 21.1 Å². The molecule has 0 saturated carbocycles. The van der Waals surface area contributed by atoms with Crippen molar-refractivity contribution in [3.8, 4) is 0 Å². The molecule has 0 bridgehead atoms. The largest absolute Gasteiger partial charge is 0.344 e. The van der Waals surface area contributed by atoms with Crippen LogP contribution in [-0.2, 0) is 25.7 Å². The van der Waals surface area contributed by atoms with Crippen LogP contribution in [0.1, 0.15) is 54.1 Å². The third kappa shape index (κ3) is 2.73. The molecular formula is C21H25N3. The van der Waals surface area contributed by atoms with Gasteiger partial charge < -0.3 is 9.47 Å². The predicted octanol–water partition coefficient (Wildman–Crippen LogP) is 3.88. The van der Waals surface area contributed by atoms with E-state index in [1.165, 1.54) is 0 Å². The van der Waals surface area contributed by atoms with Gasteiger partial charge in [-0.2, -0.15) is 0 Å². The highest BCUT2D eigenvalue weighted by Gasteiger charge is 2.22. The van der Waals surface area contributed by atoms with Crippen molar-refractivity contribution in [1.29, 1.82) is 0 Å². The van der Waals surface area contributed by atoms with E-state index in [1.54, 1.807) is 0 Å². The van der Waals surface area contributed by atoms with Crippen molar-refractivity contribution >= 4 is 10.9 Å². The highest BCUT2D eigenvalue weighted by Crippen LogP contribution is 2.31. The molecule has 4 rings (SSSR count). The Morgan fingerprint density at radius 2 is 2.29 bits per heavy atom. The Labute approximate surface area is 170 Å². The summed E-state index contributed by atoms with van der Waals surface area (Å²) in [6.07, 6.45) is -5.95. The Bertz CT molecular complexity index is 1560. The van der Waals surface area contributed by atoms with Crippen molar-refractivity contribution in [2.24, 2.45) is 0 Å². The van der Waals surface area contributed by atoms with Crippen LogP contribution in [0.15, 0.2) is 36.5 Å². The van der Waals surface area contributed by atoms with Crippen LogP contribution in [0, 0.1) is 13.7 Å². The van der Waals surface area contributed by atoms with Crippen LogP contribution in [0.3, 0.4) is 0 Å². The molecule has 3 aromatic rings. The second kappa shape index (κ2) is 6.06. The zero-order chi connectivity index (χ0) is 33.1. The average Bonchev–Trinajstić information content (AvgIpc) is 3.18. The lowest BCUT2D eigenvalue weighted by atomic mass is 10.0. The number of aryl methyl sites for hydroxylation is 4. The normalized spacial score (nSPS) is 35.8. The van der Waals surface area contributed by atoms with E-state index in [4.69, 9.17) is 26.0 Å². The van der Waals surface area contributed by atoms with Gasteiger partial charge in [-0.15, -0.1) is 0 Å². The number of benzene rings is 1. The molecule has 1 aliphatic rings. The number of pyridine rings is 1. The summed E-state index contributed by atoms with van der Waals surface area (Å²) >= 11 is 0. The second-order valence-corrected chi connectivity index (χ2v) is 5.14. The van der Waals surface area contributed by atoms with E-state index >= 15 is 0 Å².